The van der Waals surface area contributed by atoms with Crippen molar-refractivity contribution in [3.05, 3.63) is 30.7 Å². The minimum atomic E-state index is -0.128. The summed E-state index contributed by atoms with van der Waals surface area (Å²) >= 11 is 0. The van der Waals surface area contributed by atoms with Crippen LogP contribution in [0.25, 0.3) is 11.0 Å². The van der Waals surface area contributed by atoms with Gasteiger partial charge in [0.15, 0.2) is 5.65 Å². The Morgan fingerprint density at radius 3 is 2.81 bits per heavy atom. The Balaban J connectivity index is 1.57. The maximum atomic E-state index is 5.96. The van der Waals surface area contributed by atoms with Gasteiger partial charge in [-0.2, -0.15) is 5.10 Å². The van der Waals surface area contributed by atoms with Crippen LogP contribution in [-0.4, -0.2) is 41.9 Å². The second-order valence-corrected chi connectivity index (χ2v) is 7.84. The van der Waals surface area contributed by atoms with Gasteiger partial charge in [-0.25, -0.2) is 19.6 Å². The first-order valence-corrected chi connectivity index (χ1v) is 8.97. The monoisotopic (exact) mass is 355 g/mol. The smallest absolute Gasteiger partial charge is 0.163 e. The number of nitrogens with one attached hydrogen (secondary N) is 1. The fourth-order valence-corrected chi connectivity index (χ4v) is 3.46. The summed E-state index contributed by atoms with van der Waals surface area (Å²) in [5, 5.41) is 9.06. The molecule has 8 heteroatoms. The molecule has 3 aromatic heterocycles. The van der Waals surface area contributed by atoms with Crippen LogP contribution in [0.2, 0.25) is 0 Å². The molecule has 4 heterocycles. The molecule has 0 amide bonds. The first kappa shape index (κ1) is 17.0. The number of ether oxygens (including phenoxy) is 1. The molecule has 0 radical (unpaired) electrons. The van der Waals surface area contributed by atoms with Crippen LogP contribution < -0.4 is 5.32 Å². The van der Waals surface area contributed by atoms with Crippen molar-refractivity contribution >= 4 is 16.9 Å². The number of imidazole rings is 1. The molecule has 4 rings (SSSR count). The zero-order chi connectivity index (χ0) is 18.3. The lowest BCUT2D eigenvalue weighted by atomic mass is 10.0. The highest BCUT2D eigenvalue weighted by Gasteiger charge is 2.27. The number of fused-ring (bicyclic) bond motifs is 1. The number of aromatic nitrogens is 6. The van der Waals surface area contributed by atoms with Gasteiger partial charge in [0, 0.05) is 19.7 Å². The van der Waals surface area contributed by atoms with Crippen molar-refractivity contribution in [1.29, 1.82) is 0 Å². The SMILES string of the molecule is Cn1cncc1C1CC(Nc2ncnc3c2cnn3C(C)(C)C)CCO1. The summed E-state index contributed by atoms with van der Waals surface area (Å²) in [6, 6.07) is 0.278. The highest BCUT2D eigenvalue weighted by atomic mass is 16.5. The lowest BCUT2D eigenvalue weighted by Crippen LogP contribution is -2.31. The third-order valence-corrected chi connectivity index (χ3v) is 4.81. The number of nitrogens with zero attached hydrogens (tertiary/aromatic N) is 6. The first-order chi connectivity index (χ1) is 12.4. The van der Waals surface area contributed by atoms with Crippen LogP contribution in [0, 0.1) is 0 Å². The average Bonchev–Trinajstić information content (AvgIpc) is 3.21. The summed E-state index contributed by atoms with van der Waals surface area (Å²) in [6.07, 6.45) is 9.00. The van der Waals surface area contributed by atoms with E-state index >= 15 is 0 Å². The Kier molecular flexibility index (Phi) is 4.14. The lowest BCUT2D eigenvalue weighted by molar-refractivity contribution is 0.00556. The van der Waals surface area contributed by atoms with E-state index in [4.69, 9.17) is 4.74 Å². The van der Waals surface area contributed by atoms with E-state index in [-0.39, 0.29) is 17.7 Å². The van der Waals surface area contributed by atoms with Crippen molar-refractivity contribution in [3.8, 4) is 0 Å². The van der Waals surface area contributed by atoms with E-state index in [1.165, 1.54) is 0 Å². The highest BCUT2D eigenvalue weighted by Crippen LogP contribution is 2.31. The lowest BCUT2D eigenvalue weighted by Gasteiger charge is -2.30. The van der Waals surface area contributed by atoms with Gasteiger partial charge in [-0.3, -0.25) is 0 Å². The Labute approximate surface area is 152 Å². The molecule has 3 aromatic rings. The van der Waals surface area contributed by atoms with E-state index in [1.54, 1.807) is 6.33 Å². The summed E-state index contributed by atoms with van der Waals surface area (Å²) in [7, 11) is 2.00. The summed E-state index contributed by atoms with van der Waals surface area (Å²) in [5.41, 5.74) is 1.83. The molecule has 0 aromatic carbocycles. The van der Waals surface area contributed by atoms with Gasteiger partial charge in [-0.1, -0.05) is 0 Å². The zero-order valence-electron chi connectivity index (χ0n) is 15.7. The minimum absolute atomic E-state index is 0.0448. The maximum Gasteiger partial charge on any atom is 0.163 e. The number of aryl methyl sites for hydroxylation is 1. The molecule has 2 atom stereocenters. The van der Waals surface area contributed by atoms with E-state index in [0.29, 0.717) is 6.61 Å². The van der Waals surface area contributed by atoms with E-state index in [2.05, 4.69) is 46.1 Å². The van der Waals surface area contributed by atoms with Crippen molar-refractivity contribution in [2.75, 3.05) is 11.9 Å². The van der Waals surface area contributed by atoms with E-state index in [0.717, 1.165) is 35.4 Å². The van der Waals surface area contributed by atoms with Crippen LogP contribution in [0.3, 0.4) is 0 Å². The van der Waals surface area contributed by atoms with Gasteiger partial charge in [0.2, 0.25) is 0 Å². The Morgan fingerprint density at radius 2 is 2.08 bits per heavy atom. The topological polar surface area (TPSA) is 82.7 Å². The van der Waals surface area contributed by atoms with E-state index < -0.39 is 0 Å². The fourth-order valence-electron chi connectivity index (χ4n) is 3.46. The van der Waals surface area contributed by atoms with Crippen LogP contribution in [0.5, 0.6) is 0 Å². The molecule has 0 aliphatic carbocycles. The van der Waals surface area contributed by atoms with E-state index in [9.17, 15) is 0 Å². The van der Waals surface area contributed by atoms with Gasteiger partial charge in [0.05, 0.1) is 35.3 Å². The van der Waals surface area contributed by atoms with Crippen molar-refractivity contribution in [2.45, 2.75) is 51.3 Å². The van der Waals surface area contributed by atoms with Crippen molar-refractivity contribution in [2.24, 2.45) is 7.05 Å². The van der Waals surface area contributed by atoms with Crippen LogP contribution >= 0.6 is 0 Å². The van der Waals surface area contributed by atoms with E-state index in [1.807, 2.05) is 35.0 Å². The molecular formula is C18H25N7O. The second-order valence-electron chi connectivity index (χ2n) is 7.84. The van der Waals surface area contributed by atoms with Crippen molar-refractivity contribution in [3.63, 3.8) is 0 Å². The fraction of sp³-hybridized carbons (Fsp3) is 0.556. The molecular weight excluding hydrogens is 330 g/mol. The molecule has 1 aliphatic rings. The summed E-state index contributed by atoms with van der Waals surface area (Å²) < 4.78 is 9.92. The largest absolute Gasteiger partial charge is 0.372 e. The highest BCUT2D eigenvalue weighted by molar-refractivity contribution is 5.86. The van der Waals surface area contributed by atoms with Gasteiger partial charge >= 0.3 is 0 Å². The number of anilines is 1. The van der Waals surface area contributed by atoms with Gasteiger partial charge in [-0.05, 0) is 33.6 Å². The Bertz CT molecular complexity index is 908. The van der Waals surface area contributed by atoms with Crippen molar-refractivity contribution < 1.29 is 4.74 Å². The molecule has 2 unspecified atom stereocenters. The molecule has 1 N–H and O–H groups in total. The first-order valence-electron chi connectivity index (χ1n) is 8.97. The molecule has 138 valence electrons. The summed E-state index contributed by atoms with van der Waals surface area (Å²) in [4.78, 5) is 13.1. The van der Waals surface area contributed by atoms with Crippen LogP contribution in [-0.2, 0) is 17.3 Å². The maximum absolute atomic E-state index is 5.96. The molecule has 1 saturated heterocycles. The average molecular weight is 355 g/mol. The summed E-state index contributed by atoms with van der Waals surface area (Å²) in [6.45, 7) is 7.06. The predicted molar refractivity (Wildman–Crippen MR) is 98.9 cm³/mol. The van der Waals surface area contributed by atoms with Crippen molar-refractivity contribution in [1.82, 2.24) is 29.3 Å². The predicted octanol–water partition coefficient (Wildman–Crippen LogP) is 2.65. The molecule has 8 nitrogen and oxygen atoms in total. The molecule has 1 aliphatic heterocycles. The number of hydrogen-bond acceptors (Lipinski definition) is 6. The third-order valence-electron chi connectivity index (χ3n) is 4.81. The Hall–Kier alpha value is -2.48. The molecule has 0 spiro atoms. The molecule has 0 saturated carbocycles. The molecule has 26 heavy (non-hydrogen) atoms. The van der Waals surface area contributed by atoms with Gasteiger partial charge in [0.25, 0.3) is 0 Å². The normalized spacial score (nSPS) is 21.2. The second kappa shape index (κ2) is 6.35. The quantitative estimate of drug-likeness (QED) is 0.778. The zero-order valence-corrected chi connectivity index (χ0v) is 15.7. The third kappa shape index (κ3) is 3.05. The van der Waals surface area contributed by atoms with Crippen LogP contribution in [0.15, 0.2) is 25.0 Å². The number of hydrogen-bond donors (Lipinski definition) is 1. The van der Waals surface area contributed by atoms with Gasteiger partial charge in [-0.15, -0.1) is 0 Å². The molecule has 0 bridgehead atoms. The number of rotatable bonds is 3. The standard InChI is InChI=1S/C18H25N7O/c1-18(2,3)25-17-13(8-22-25)16(20-10-21-17)23-12-5-6-26-15(7-12)14-9-19-11-24(14)4/h8-12,15H,5-7H2,1-4H3,(H,20,21,23). The van der Waals surface area contributed by atoms with Gasteiger partial charge < -0.3 is 14.6 Å². The Morgan fingerprint density at radius 1 is 1.23 bits per heavy atom. The summed E-state index contributed by atoms with van der Waals surface area (Å²) in [5.74, 6) is 0.834. The van der Waals surface area contributed by atoms with Crippen LogP contribution in [0.1, 0.15) is 45.4 Å². The van der Waals surface area contributed by atoms with Crippen LogP contribution in [0.4, 0.5) is 5.82 Å². The molecule has 1 fully saturated rings. The minimum Gasteiger partial charge on any atom is -0.372 e. The van der Waals surface area contributed by atoms with Gasteiger partial charge in [0.1, 0.15) is 18.2 Å².